The number of aliphatic hydroxyl groups is 1. The molecule has 5 rings (SSSR count). The Kier molecular flexibility index (Phi) is 8.32. The van der Waals surface area contributed by atoms with Crippen molar-refractivity contribution < 1.29 is 23.1 Å². The van der Waals surface area contributed by atoms with E-state index in [-0.39, 0.29) is 35.0 Å². The van der Waals surface area contributed by atoms with Crippen molar-refractivity contribution in [3.05, 3.63) is 83.4 Å². The predicted molar refractivity (Wildman–Crippen MR) is 159 cm³/mol. The molecule has 1 amide bonds. The molecule has 3 aliphatic rings. The second-order valence-electron chi connectivity index (χ2n) is 11.3. The number of halogens is 1. The zero-order chi connectivity index (χ0) is 28.5. The van der Waals surface area contributed by atoms with Crippen molar-refractivity contribution in [2.45, 2.75) is 50.0 Å². The summed E-state index contributed by atoms with van der Waals surface area (Å²) in [5.74, 6) is 0.153. The van der Waals surface area contributed by atoms with Gasteiger partial charge in [0, 0.05) is 29.1 Å². The van der Waals surface area contributed by atoms with Crippen molar-refractivity contribution in [2.24, 2.45) is 11.8 Å². The van der Waals surface area contributed by atoms with Gasteiger partial charge in [-0.15, -0.1) is 13.2 Å². The number of anilines is 1. The third-order valence-electron chi connectivity index (χ3n) is 8.75. The van der Waals surface area contributed by atoms with Gasteiger partial charge in [0.1, 0.15) is 5.75 Å². The van der Waals surface area contributed by atoms with Gasteiger partial charge in [-0.3, -0.25) is 4.79 Å². The Labute approximate surface area is 241 Å². The molecule has 9 heteroatoms. The van der Waals surface area contributed by atoms with E-state index < -0.39 is 22.0 Å². The summed E-state index contributed by atoms with van der Waals surface area (Å²) in [6.45, 7) is 9.17. The van der Waals surface area contributed by atoms with E-state index in [1.807, 2.05) is 6.07 Å². The van der Waals surface area contributed by atoms with Crippen LogP contribution in [0, 0.1) is 11.8 Å². The first-order valence-corrected chi connectivity index (χ1v) is 15.9. The second kappa shape index (κ2) is 11.6. The second-order valence-corrected chi connectivity index (χ2v) is 13.6. The summed E-state index contributed by atoms with van der Waals surface area (Å²) in [6, 6.07) is 11.2. The normalized spacial score (nSPS) is 24.5. The van der Waals surface area contributed by atoms with Crippen molar-refractivity contribution in [3.8, 4) is 5.75 Å². The van der Waals surface area contributed by atoms with Crippen LogP contribution in [0.4, 0.5) is 5.69 Å². The van der Waals surface area contributed by atoms with Crippen LogP contribution in [0.3, 0.4) is 0 Å². The standard InChI is InChI=1S/C31H37ClN2O5S/c1-3-5-15-40(37,38)33-30(36)22-9-13-29-27(17-22)34(18-23-8-11-25(23)28(35)4-2)19-31(20-39-29)14-6-7-21-16-24(32)10-12-26(21)31/h3-4,9-10,12-13,16-17,23,25,28,35H,1-2,5-8,11,14-15,18-20H2,(H,33,36)/t23-,25+,28+,31-/m0/s1. The number of rotatable bonds is 9. The van der Waals surface area contributed by atoms with E-state index in [0.717, 1.165) is 42.8 Å². The molecule has 1 aliphatic heterocycles. The molecule has 214 valence electrons. The first kappa shape index (κ1) is 28.7. The van der Waals surface area contributed by atoms with E-state index in [1.54, 1.807) is 24.3 Å². The SMILES string of the molecule is C=CCCS(=O)(=O)NC(=O)c1ccc2c(c1)N(C[C@@H]1CC[C@H]1[C@H](O)C=C)C[C@@]1(CCCc3cc(Cl)ccc31)CO2. The van der Waals surface area contributed by atoms with Gasteiger partial charge in [-0.25, -0.2) is 13.1 Å². The minimum absolute atomic E-state index is 0.125. The third-order valence-corrected chi connectivity index (χ3v) is 10.3. The molecular weight excluding hydrogens is 548 g/mol. The molecule has 1 spiro atoms. The number of nitrogens with zero attached hydrogens (tertiary/aromatic N) is 1. The summed E-state index contributed by atoms with van der Waals surface area (Å²) in [4.78, 5) is 15.3. The van der Waals surface area contributed by atoms with E-state index in [9.17, 15) is 18.3 Å². The van der Waals surface area contributed by atoms with Crippen molar-refractivity contribution in [1.29, 1.82) is 0 Å². The first-order chi connectivity index (χ1) is 19.1. The Morgan fingerprint density at radius 3 is 2.80 bits per heavy atom. The predicted octanol–water partition coefficient (Wildman–Crippen LogP) is 5.02. The van der Waals surface area contributed by atoms with Gasteiger partial charge in [0.2, 0.25) is 10.0 Å². The third kappa shape index (κ3) is 5.80. The summed E-state index contributed by atoms with van der Waals surface area (Å²) in [5, 5.41) is 11.2. The Balaban J connectivity index is 1.50. The molecule has 0 aromatic heterocycles. The monoisotopic (exact) mass is 584 g/mol. The van der Waals surface area contributed by atoms with Crippen molar-refractivity contribution in [2.75, 3.05) is 30.3 Å². The molecule has 1 heterocycles. The number of fused-ring (bicyclic) bond motifs is 3. The number of hydrogen-bond donors (Lipinski definition) is 2. The number of amides is 1. The lowest BCUT2D eigenvalue weighted by Crippen LogP contribution is -2.49. The molecular formula is C31H37ClN2O5S. The van der Waals surface area contributed by atoms with Crippen LogP contribution in [-0.2, 0) is 21.9 Å². The van der Waals surface area contributed by atoms with Crippen molar-refractivity contribution >= 4 is 33.2 Å². The Morgan fingerprint density at radius 1 is 1.25 bits per heavy atom. The van der Waals surface area contributed by atoms with Crippen LogP contribution in [-0.4, -0.2) is 51.0 Å². The molecule has 2 aromatic carbocycles. The van der Waals surface area contributed by atoms with Crippen LogP contribution >= 0.6 is 11.6 Å². The fraction of sp³-hybridized carbons (Fsp3) is 0.452. The molecule has 1 fully saturated rings. The molecule has 1 saturated carbocycles. The fourth-order valence-electron chi connectivity index (χ4n) is 6.47. The number of aryl methyl sites for hydroxylation is 1. The largest absolute Gasteiger partial charge is 0.490 e. The number of benzene rings is 2. The van der Waals surface area contributed by atoms with E-state index in [2.05, 4.69) is 34.9 Å². The zero-order valence-electron chi connectivity index (χ0n) is 22.6. The molecule has 2 aliphatic carbocycles. The summed E-state index contributed by atoms with van der Waals surface area (Å²) in [7, 11) is -3.79. The maximum Gasteiger partial charge on any atom is 0.264 e. The maximum atomic E-state index is 13.0. The van der Waals surface area contributed by atoms with Gasteiger partial charge >= 0.3 is 0 Å². The van der Waals surface area contributed by atoms with Gasteiger partial charge in [-0.1, -0.05) is 29.8 Å². The zero-order valence-corrected chi connectivity index (χ0v) is 24.2. The molecule has 2 N–H and O–H groups in total. The highest BCUT2D eigenvalue weighted by atomic mass is 35.5. The summed E-state index contributed by atoms with van der Waals surface area (Å²) < 4.78 is 33.4. The number of nitrogens with one attached hydrogen (secondary N) is 1. The van der Waals surface area contributed by atoms with Crippen LogP contribution in [0.25, 0.3) is 0 Å². The summed E-state index contributed by atoms with van der Waals surface area (Å²) in [6.07, 6.45) is 7.65. The molecule has 2 aromatic rings. The maximum absolute atomic E-state index is 13.0. The van der Waals surface area contributed by atoms with Crippen LogP contribution in [0.1, 0.15) is 53.6 Å². The molecule has 0 unspecified atom stereocenters. The van der Waals surface area contributed by atoms with Crippen molar-refractivity contribution in [3.63, 3.8) is 0 Å². The summed E-state index contributed by atoms with van der Waals surface area (Å²) >= 11 is 6.35. The highest BCUT2D eigenvalue weighted by molar-refractivity contribution is 7.90. The minimum atomic E-state index is -3.79. The minimum Gasteiger partial charge on any atom is -0.490 e. The number of hydrogen-bond acceptors (Lipinski definition) is 6. The highest BCUT2D eigenvalue weighted by Gasteiger charge is 2.44. The van der Waals surface area contributed by atoms with Crippen LogP contribution in [0.5, 0.6) is 5.75 Å². The first-order valence-electron chi connectivity index (χ1n) is 13.9. The lowest BCUT2D eigenvalue weighted by atomic mass is 9.68. The average molecular weight is 585 g/mol. The van der Waals surface area contributed by atoms with Crippen molar-refractivity contribution in [1.82, 2.24) is 4.72 Å². The molecule has 40 heavy (non-hydrogen) atoms. The molecule has 7 nitrogen and oxygen atoms in total. The Bertz CT molecular complexity index is 1410. The average Bonchev–Trinajstić information content (AvgIpc) is 3.06. The number of allylic oxidation sites excluding steroid dienone is 1. The molecule has 4 atom stereocenters. The van der Waals surface area contributed by atoms with E-state index in [0.29, 0.717) is 25.4 Å². The number of aliphatic hydroxyl groups excluding tert-OH is 1. The van der Waals surface area contributed by atoms with E-state index in [4.69, 9.17) is 16.3 Å². The van der Waals surface area contributed by atoms with Gasteiger partial charge in [0.15, 0.2) is 0 Å². The van der Waals surface area contributed by atoms with Crippen LogP contribution < -0.4 is 14.4 Å². The number of carbonyl (C=O) groups is 1. The molecule has 0 bridgehead atoms. The van der Waals surface area contributed by atoms with Crippen LogP contribution in [0.2, 0.25) is 5.02 Å². The lowest BCUT2D eigenvalue weighted by Gasteiger charge is -2.45. The number of ether oxygens (including phenoxy) is 1. The van der Waals surface area contributed by atoms with Gasteiger partial charge in [0.25, 0.3) is 5.91 Å². The fourth-order valence-corrected chi connectivity index (χ4v) is 7.65. The quantitative estimate of drug-likeness (QED) is 0.402. The van der Waals surface area contributed by atoms with Gasteiger partial charge in [-0.2, -0.15) is 0 Å². The van der Waals surface area contributed by atoms with Gasteiger partial charge in [0.05, 0.1) is 24.2 Å². The molecule has 0 radical (unpaired) electrons. The lowest BCUT2D eigenvalue weighted by molar-refractivity contribution is 0.0460. The Morgan fingerprint density at radius 2 is 2.08 bits per heavy atom. The number of carbonyl (C=O) groups excluding carboxylic acids is 1. The highest BCUT2D eigenvalue weighted by Crippen LogP contribution is 2.46. The smallest absolute Gasteiger partial charge is 0.264 e. The summed E-state index contributed by atoms with van der Waals surface area (Å²) in [5.41, 5.74) is 3.21. The van der Waals surface area contributed by atoms with E-state index >= 15 is 0 Å². The van der Waals surface area contributed by atoms with Gasteiger partial charge in [-0.05, 0) is 91.8 Å². The Hall–Kier alpha value is -2.81. The number of sulfonamides is 1. The van der Waals surface area contributed by atoms with E-state index in [1.165, 1.54) is 17.2 Å². The molecule has 0 saturated heterocycles. The topological polar surface area (TPSA) is 95.9 Å². The van der Waals surface area contributed by atoms with Gasteiger partial charge < -0.3 is 14.7 Å². The van der Waals surface area contributed by atoms with Crippen LogP contribution in [0.15, 0.2) is 61.7 Å².